The molecule has 0 saturated carbocycles. The molecule has 1 N–H and O–H groups in total. The normalized spacial score (nSPS) is 21.6. The SMILES string of the molecule is Brc1csc(CNC[C@H]2CCCO2)c1. The molecule has 4 heteroatoms. The van der Waals surface area contributed by atoms with E-state index in [-0.39, 0.29) is 0 Å². The molecule has 0 spiro atoms. The summed E-state index contributed by atoms with van der Waals surface area (Å²) >= 11 is 5.23. The Morgan fingerprint density at radius 3 is 3.21 bits per heavy atom. The van der Waals surface area contributed by atoms with Crippen LogP contribution in [0.1, 0.15) is 17.7 Å². The number of halogens is 1. The minimum Gasteiger partial charge on any atom is -0.377 e. The largest absolute Gasteiger partial charge is 0.377 e. The summed E-state index contributed by atoms with van der Waals surface area (Å²) in [4.78, 5) is 1.37. The zero-order valence-electron chi connectivity index (χ0n) is 7.96. The lowest BCUT2D eigenvalue weighted by atomic mass is 10.2. The first-order valence-corrected chi connectivity index (χ1v) is 6.57. The summed E-state index contributed by atoms with van der Waals surface area (Å²) in [5.74, 6) is 0. The van der Waals surface area contributed by atoms with E-state index in [4.69, 9.17) is 4.74 Å². The monoisotopic (exact) mass is 275 g/mol. The third-order valence-corrected chi connectivity index (χ3v) is 4.01. The van der Waals surface area contributed by atoms with Gasteiger partial charge in [0.1, 0.15) is 0 Å². The molecule has 1 aromatic heterocycles. The Morgan fingerprint density at radius 2 is 2.57 bits per heavy atom. The van der Waals surface area contributed by atoms with Crippen LogP contribution in [0.3, 0.4) is 0 Å². The summed E-state index contributed by atoms with van der Waals surface area (Å²) in [7, 11) is 0. The topological polar surface area (TPSA) is 21.3 Å². The maximum atomic E-state index is 5.53. The number of hydrogen-bond donors (Lipinski definition) is 1. The summed E-state index contributed by atoms with van der Waals surface area (Å²) in [5, 5.41) is 5.54. The quantitative estimate of drug-likeness (QED) is 0.913. The van der Waals surface area contributed by atoms with Gasteiger partial charge in [0.15, 0.2) is 0 Å². The minimum atomic E-state index is 0.443. The average molecular weight is 276 g/mol. The third kappa shape index (κ3) is 3.05. The first kappa shape index (κ1) is 10.6. The molecule has 0 bridgehead atoms. The first-order chi connectivity index (χ1) is 6.84. The van der Waals surface area contributed by atoms with E-state index >= 15 is 0 Å². The van der Waals surface area contributed by atoms with Gasteiger partial charge in [-0.3, -0.25) is 0 Å². The predicted octanol–water partition coefficient (Wildman–Crippen LogP) is 2.78. The minimum absolute atomic E-state index is 0.443. The van der Waals surface area contributed by atoms with Crippen molar-refractivity contribution in [1.82, 2.24) is 5.32 Å². The summed E-state index contributed by atoms with van der Waals surface area (Å²) in [5.41, 5.74) is 0. The van der Waals surface area contributed by atoms with E-state index in [0.29, 0.717) is 6.10 Å². The molecule has 1 fully saturated rings. The fraction of sp³-hybridized carbons (Fsp3) is 0.600. The van der Waals surface area contributed by atoms with Gasteiger partial charge in [0.25, 0.3) is 0 Å². The Labute approximate surface area is 96.8 Å². The van der Waals surface area contributed by atoms with Gasteiger partial charge in [-0.1, -0.05) is 0 Å². The second-order valence-electron chi connectivity index (χ2n) is 3.50. The highest BCUT2D eigenvalue weighted by molar-refractivity contribution is 9.10. The smallest absolute Gasteiger partial charge is 0.0700 e. The highest BCUT2D eigenvalue weighted by Crippen LogP contribution is 2.19. The molecule has 0 aliphatic carbocycles. The molecule has 0 radical (unpaired) electrons. The number of ether oxygens (including phenoxy) is 1. The van der Waals surface area contributed by atoms with Crippen LogP contribution < -0.4 is 5.32 Å². The summed E-state index contributed by atoms with van der Waals surface area (Å²) in [6.07, 6.45) is 2.87. The van der Waals surface area contributed by atoms with Gasteiger partial charge < -0.3 is 10.1 Å². The number of hydrogen-bond acceptors (Lipinski definition) is 3. The molecular weight excluding hydrogens is 262 g/mol. The van der Waals surface area contributed by atoms with Crippen LogP contribution in [0.2, 0.25) is 0 Å². The van der Waals surface area contributed by atoms with E-state index in [1.807, 2.05) is 0 Å². The van der Waals surface area contributed by atoms with Gasteiger partial charge in [-0.25, -0.2) is 0 Å². The lowest BCUT2D eigenvalue weighted by Crippen LogP contribution is -2.25. The Kier molecular flexibility index (Phi) is 3.99. The third-order valence-electron chi connectivity index (χ3n) is 2.32. The van der Waals surface area contributed by atoms with Gasteiger partial charge in [0.2, 0.25) is 0 Å². The van der Waals surface area contributed by atoms with Gasteiger partial charge in [0.05, 0.1) is 6.10 Å². The first-order valence-electron chi connectivity index (χ1n) is 4.90. The van der Waals surface area contributed by atoms with Crippen LogP contribution in [0.25, 0.3) is 0 Å². The molecule has 2 heterocycles. The molecule has 14 heavy (non-hydrogen) atoms. The van der Waals surface area contributed by atoms with Crippen LogP contribution >= 0.6 is 27.3 Å². The maximum absolute atomic E-state index is 5.53. The van der Waals surface area contributed by atoms with Crippen molar-refractivity contribution in [3.8, 4) is 0 Å². The lowest BCUT2D eigenvalue weighted by Gasteiger charge is -2.09. The van der Waals surface area contributed by atoms with Crippen LogP contribution in [-0.2, 0) is 11.3 Å². The van der Waals surface area contributed by atoms with E-state index in [1.54, 1.807) is 11.3 Å². The Hall–Kier alpha value is 0.1000. The van der Waals surface area contributed by atoms with Crippen molar-refractivity contribution < 1.29 is 4.74 Å². The summed E-state index contributed by atoms with van der Waals surface area (Å²) in [6, 6.07) is 2.16. The Bertz CT molecular complexity index is 283. The molecule has 2 nitrogen and oxygen atoms in total. The van der Waals surface area contributed by atoms with E-state index in [2.05, 4.69) is 32.7 Å². The Balaban J connectivity index is 1.67. The zero-order chi connectivity index (χ0) is 9.80. The molecule has 1 aromatic rings. The van der Waals surface area contributed by atoms with Gasteiger partial charge in [0, 0.05) is 34.4 Å². The standard InChI is InChI=1S/C10H14BrNOS/c11-8-4-10(14-7-8)6-12-5-9-2-1-3-13-9/h4,7,9,12H,1-3,5-6H2/t9-/m1/s1. The molecule has 1 aliphatic rings. The van der Waals surface area contributed by atoms with Crippen LogP contribution in [-0.4, -0.2) is 19.3 Å². The van der Waals surface area contributed by atoms with Crippen LogP contribution in [0.5, 0.6) is 0 Å². The van der Waals surface area contributed by atoms with Gasteiger partial charge >= 0.3 is 0 Å². The molecule has 0 unspecified atom stereocenters. The lowest BCUT2D eigenvalue weighted by molar-refractivity contribution is 0.110. The zero-order valence-corrected chi connectivity index (χ0v) is 10.4. The van der Waals surface area contributed by atoms with Crippen LogP contribution in [0.15, 0.2) is 15.9 Å². The molecule has 1 saturated heterocycles. The maximum Gasteiger partial charge on any atom is 0.0700 e. The van der Waals surface area contributed by atoms with Crippen LogP contribution in [0.4, 0.5) is 0 Å². The molecule has 78 valence electrons. The van der Waals surface area contributed by atoms with E-state index in [0.717, 1.165) is 19.7 Å². The van der Waals surface area contributed by atoms with Crippen molar-refractivity contribution in [3.05, 3.63) is 20.8 Å². The molecule has 1 atom stereocenters. The predicted molar refractivity (Wildman–Crippen MR) is 62.7 cm³/mol. The van der Waals surface area contributed by atoms with Crippen molar-refractivity contribution in [2.24, 2.45) is 0 Å². The number of rotatable bonds is 4. The highest BCUT2D eigenvalue weighted by atomic mass is 79.9. The van der Waals surface area contributed by atoms with E-state index in [1.165, 1.54) is 22.2 Å². The van der Waals surface area contributed by atoms with E-state index in [9.17, 15) is 0 Å². The molecule has 0 amide bonds. The summed E-state index contributed by atoms with van der Waals surface area (Å²) < 4.78 is 6.70. The fourth-order valence-electron chi connectivity index (χ4n) is 1.61. The highest BCUT2D eigenvalue weighted by Gasteiger charge is 2.14. The molecule has 0 aromatic carbocycles. The molecule has 1 aliphatic heterocycles. The van der Waals surface area contributed by atoms with Crippen molar-refractivity contribution in [1.29, 1.82) is 0 Å². The van der Waals surface area contributed by atoms with Gasteiger partial charge in [-0.2, -0.15) is 0 Å². The van der Waals surface area contributed by atoms with Gasteiger partial charge in [-0.15, -0.1) is 11.3 Å². The van der Waals surface area contributed by atoms with Crippen LogP contribution in [0, 0.1) is 0 Å². The van der Waals surface area contributed by atoms with Crippen molar-refractivity contribution in [2.45, 2.75) is 25.5 Å². The summed E-state index contributed by atoms with van der Waals surface area (Å²) in [6.45, 7) is 2.88. The fourth-order valence-corrected chi connectivity index (χ4v) is 3.03. The Morgan fingerprint density at radius 1 is 1.64 bits per heavy atom. The number of thiophene rings is 1. The second-order valence-corrected chi connectivity index (χ2v) is 5.41. The molecular formula is C10H14BrNOS. The second kappa shape index (κ2) is 5.26. The number of nitrogens with one attached hydrogen (secondary N) is 1. The van der Waals surface area contributed by atoms with Crippen molar-refractivity contribution in [3.63, 3.8) is 0 Å². The average Bonchev–Trinajstić information content (AvgIpc) is 2.77. The van der Waals surface area contributed by atoms with E-state index < -0.39 is 0 Å². The van der Waals surface area contributed by atoms with Crippen molar-refractivity contribution >= 4 is 27.3 Å². The van der Waals surface area contributed by atoms with Gasteiger partial charge in [-0.05, 0) is 34.8 Å². The van der Waals surface area contributed by atoms with Crippen molar-refractivity contribution in [2.75, 3.05) is 13.2 Å². The molecule has 2 rings (SSSR count).